The predicted molar refractivity (Wildman–Crippen MR) is 127 cm³/mol. The number of aryl methyl sites for hydroxylation is 1. The number of piperazine rings is 1. The van der Waals surface area contributed by atoms with Crippen LogP contribution < -0.4 is 5.56 Å². The number of rotatable bonds is 2. The van der Waals surface area contributed by atoms with Crippen molar-refractivity contribution in [3.8, 4) is 0 Å². The monoisotopic (exact) mass is 444 g/mol. The van der Waals surface area contributed by atoms with E-state index in [9.17, 15) is 9.59 Å². The lowest BCUT2D eigenvalue weighted by Crippen LogP contribution is -2.51. The molecule has 4 rings (SSSR count). The minimum atomic E-state index is -0.343. The number of H-pyrrole nitrogens is 1. The summed E-state index contributed by atoms with van der Waals surface area (Å²) in [5.41, 5.74) is 1.18. The highest BCUT2D eigenvalue weighted by atomic mass is 32.1. The first-order valence-corrected chi connectivity index (χ1v) is 12.3. The second kappa shape index (κ2) is 8.00. The van der Waals surface area contributed by atoms with Gasteiger partial charge in [-0.3, -0.25) is 14.5 Å². The number of fused-ring (bicyclic) bond motifs is 3. The van der Waals surface area contributed by atoms with Gasteiger partial charge in [0.25, 0.3) is 5.56 Å². The Morgan fingerprint density at radius 2 is 1.81 bits per heavy atom. The van der Waals surface area contributed by atoms with Crippen LogP contribution in [0.5, 0.6) is 0 Å². The molecule has 1 aliphatic heterocycles. The molecule has 0 bridgehead atoms. The number of aromatic nitrogens is 2. The van der Waals surface area contributed by atoms with Gasteiger partial charge in [-0.15, -0.1) is 11.3 Å². The molecule has 1 atom stereocenters. The van der Waals surface area contributed by atoms with Gasteiger partial charge in [-0.2, -0.15) is 0 Å². The fourth-order valence-electron chi connectivity index (χ4n) is 4.84. The predicted octanol–water partition coefficient (Wildman–Crippen LogP) is 3.83. The van der Waals surface area contributed by atoms with E-state index in [0.717, 1.165) is 61.5 Å². The van der Waals surface area contributed by atoms with Crippen LogP contribution in [-0.4, -0.2) is 51.9 Å². The molecule has 1 unspecified atom stereocenters. The summed E-state index contributed by atoms with van der Waals surface area (Å²) in [6.45, 7) is 16.5. The lowest BCUT2D eigenvalue weighted by Gasteiger charge is -2.37. The average Bonchev–Trinajstić information content (AvgIpc) is 3.04. The first-order valence-electron chi connectivity index (χ1n) is 11.5. The number of carbonyl (C=O) groups excluding carboxylic acids is 1. The van der Waals surface area contributed by atoms with Crippen molar-refractivity contribution in [2.75, 3.05) is 26.2 Å². The Morgan fingerprint density at radius 3 is 2.42 bits per heavy atom. The SMILES string of the molecule is CC(C)(C)C(=O)N1CCN(Cc2nc3sc4c(c3c(=O)[nH]2)CCC(C(C)(C)C)C4)CC1. The first kappa shape index (κ1) is 22.5. The van der Waals surface area contributed by atoms with Gasteiger partial charge in [0, 0.05) is 36.5 Å². The van der Waals surface area contributed by atoms with Crippen LogP contribution in [0.1, 0.15) is 64.2 Å². The van der Waals surface area contributed by atoms with Gasteiger partial charge < -0.3 is 9.88 Å². The molecule has 3 heterocycles. The van der Waals surface area contributed by atoms with Crippen LogP contribution in [-0.2, 0) is 24.2 Å². The van der Waals surface area contributed by atoms with Crippen molar-refractivity contribution in [3.05, 3.63) is 26.6 Å². The van der Waals surface area contributed by atoms with Gasteiger partial charge >= 0.3 is 0 Å². The summed E-state index contributed by atoms with van der Waals surface area (Å²) in [7, 11) is 0. The Bertz CT molecular complexity index is 1030. The molecule has 1 fully saturated rings. The molecule has 0 spiro atoms. The highest BCUT2D eigenvalue weighted by Gasteiger charge is 2.32. The van der Waals surface area contributed by atoms with Crippen molar-refractivity contribution in [2.24, 2.45) is 16.7 Å². The molecular formula is C24H36N4O2S. The third kappa shape index (κ3) is 4.58. The maximum Gasteiger partial charge on any atom is 0.259 e. The number of hydrogen-bond acceptors (Lipinski definition) is 5. The van der Waals surface area contributed by atoms with Crippen LogP contribution in [0.15, 0.2) is 4.79 Å². The average molecular weight is 445 g/mol. The smallest absolute Gasteiger partial charge is 0.259 e. The van der Waals surface area contributed by atoms with Gasteiger partial charge in [0.15, 0.2) is 0 Å². The molecule has 0 aromatic carbocycles. The second-order valence-electron chi connectivity index (χ2n) is 11.3. The number of aromatic amines is 1. The molecule has 1 N–H and O–H groups in total. The Kier molecular flexibility index (Phi) is 5.80. The Balaban J connectivity index is 1.48. The number of nitrogens with one attached hydrogen (secondary N) is 1. The van der Waals surface area contributed by atoms with Crippen molar-refractivity contribution in [2.45, 2.75) is 67.3 Å². The molecular weight excluding hydrogens is 408 g/mol. The van der Waals surface area contributed by atoms with Crippen molar-refractivity contribution >= 4 is 27.5 Å². The summed E-state index contributed by atoms with van der Waals surface area (Å²) < 4.78 is 0. The summed E-state index contributed by atoms with van der Waals surface area (Å²) >= 11 is 1.71. The minimum absolute atomic E-state index is 0.00764. The van der Waals surface area contributed by atoms with E-state index in [0.29, 0.717) is 12.5 Å². The summed E-state index contributed by atoms with van der Waals surface area (Å²) in [6, 6.07) is 0. The van der Waals surface area contributed by atoms with E-state index >= 15 is 0 Å². The van der Waals surface area contributed by atoms with Crippen LogP contribution in [0.2, 0.25) is 0 Å². The van der Waals surface area contributed by atoms with Crippen molar-refractivity contribution in [1.82, 2.24) is 19.8 Å². The van der Waals surface area contributed by atoms with Crippen LogP contribution in [0.3, 0.4) is 0 Å². The number of nitrogens with zero attached hydrogens (tertiary/aromatic N) is 3. The van der Waals surface area contributed by atoms with E-state index in [1.165, 1.54) is 10.4 Å². The zero-order valence-electron chi connectivity index (χ0n) is 19.8. The molecule has 1 aliphatic carbocycles. The largest absolute Gasteiger partial charge is 0.340 e. The molecule has 7 heteroatoms. The summed E-state index contributed by atoms with van der Waals surface area (Å²) in [5, 5.41) is 0.816. The summed E-state index contributed by atoms with van der Waals surface area (Å²) in [6.07, 6.45) is 3.17. The molecule has 2 aromatic heterocycles. The highest BCUT2D eigenvalue weighted by molar-refractivity contribution is 7.18. The van der Waals surface area contributed by atoms with Gasteiger partial charge in [-0.25, -0.2) is 4.98 Å². The third-order valence-electron chi connectivity index (χ3n) is 6.87. The van der Waals surface area contributed by atoms with E-state index in [-0.39, 0.29) is 22.3 Å². The molecule has 1 amide bonds. The molecule has 170 valence electrons. The number of hydrogen-bond donors (Lipinski definition) is 1. The first-order chi connectivity index (χ1) is 14.4. The number of carbonyl (C=O) groups is 1. The zero-order chi connectivity index (χ0) is 22.6. The van der Waals surface area contributed by atoms with Gasteiger partial charge in [-0.05, 0) is 36.2 Å². The van der Waals surface area contributed by atoms with Crippen molar-refractivity contribution in [3.63, 3.8) is 0 Å². The van der Waals surface area contributed by atoms with E-state index in [1.807, 2.05) is 25.7 Å². The van der Waals surface area contributed by atoms with Crippen LogP contribution in [0.4, 0.5) is 0 Å². The lowest BCUT2D eigenvalue weighted by atomic mass is 9.72. The third-order valence-corrected chi connectivity index (χ3v) is 8.02. The van der Waals surface area contributed by atoms with E-state index in [1.54, 1.807) is 11.3 Å². The van der Waals surface area contributed by atoms with E-state index < -0.39 is 0 Å². The van der Waals surface area contributed by atoms with Crippen LogP contribution in [0, 0.1) is 16.7 Å². The fraction of sp³-hybridized carbons (Fsp3) is 0.708. The number of thiophene rings is 1. The molecule has 6 nitrogen and oxygen atoms in total. The van der Waals surface area contributed by atoms with Gasteiger partial charge in [0.1, 0.15) is 10.7 Å². The highest BCUT2D eigenvalue weighted by Crippen LogP contribution is 2.42. The quantitative estimate of drug-likeness (QED) is 0.764. The minimum Gasteiger partial charge on any atom is -0.340 e. The molecule has 1 saturated heterocycles. The molecule has 0 radical (unpaired) electrons. The Morgan fingerprint density at radius 1 is 1.13 bits per heavy atom. The normalized spacial score (nSPS) is 20.8. The number of amides is 1. The molecule has 0 saturated carbocycles. The maximum absolute atomic E-state index is 12.9. The van der Waals surface area contributed by atoms with Crippen molar-refractivity contribution < 1.29 is 4.79 Å². The Labute approximate surface area is 189 Å². The Hall–Kier alpha value is -1.73. The standard InChI is InChI=1S/C24H36N4O2S/c1-23(2,3)15-7-8-16-17(13-15)31-21-19(16)20(29)25-18(26-21)14-27-9-11-28(12-10-27)22(30)24(4,5)6/h15H,7-14H2,1-6H3,(H,25,26,29). The lowest BCUT2D eigenvalue weighted by molar-refractivity contribution is -0.141. The van der Waals surface area contributed by atoms with Crippen molar-refractivity contribution in [1.29, 1.82) is 0 Å². The summed E-state index contributed by atoms with van der Waals surface area (Å²) in [5.74, 6) is 1.59. The molecule has 31 heavy (non-hydrogen) atoms. The topological polar surface area (TPSA) is 69.3 Å². The van der Waals surface area contributed by atoms with Crippen LogP contribution in [0.25, 0.3) is 10.2 Å². The van der Waals surface area contributed by atoms with E-state index in [2.05, 4.69) is 30.7 Å². The van der Waals surface area contributed by atoms with Gasteiger partial charge in [0.2, 0.25) is 5.91 Å². The second-order valence-corrected chi connectivity index (χ2v) is 12.4. The summed E-state index contributed by atoms with van der Waals surface area (Å²) in [4.78, 5) is 39.8. The van der Waals surface area contributed by atoms with E-state index in [4.69, 9.17) is 4.98 Å². The van der Waals surface area contributed by atoms with Crippen LogP contribution >= 0.6 is 11.3 Å². The van der Waals surface area contributed by atoms with Gasteiger partial charge in [0.05, 0.1) is 11.9 Å². The zero-order valence-corrected chi connectivity index (χ0v) is 20.6. The maximum atomic E-state index is 12.9. The molecule has 2 aliphatic rings. The fourth-order valence-corrected chi connectivity index (χ4v) is 6.16. The molecule has 2 aromatic rings. The van der Waals surface area contributed by atoms with Gasteiger partial charge in [-0.1, -0.05) is 41.5 Å².